The highest BCUT2D eigenvalue weighted by Crippen LogP contribution is 2.20. The highest BCUT2D eigenvalue weighted by molar-refractivity contribution is 5.30. The van der Waals surface area contributed by atoms with Gasteiger partial charge in [0.15, 0.2) is 23.2 Å². The van der Waals surface area contributed by atoms with Crippen molar-refractivity contribution in [3.05, 3.63) is 65.0 Å². The summed E-state index contributed by atoms with van der Waals surface area (Å²) < 4.78 is 44.2. The van der Waals surface area contributed by atoms with Gasteiger partial charge in [-0.15, -0.1) is 0 Å². The zero-order valence-electron chi connectivity index (χ0n) is 9.71. The van der Waals surface area contributed by atoms with Crippen molar-refractivity contribution in [2.45, 2.75) is 13.5 Å². The fourth-order valence-corrected chi connectivity index (χ4v) is 1.51. The smallest absolute Gasteiger partial charge is 0.165 e. The number of hydrogen-bond acceptors (Lipinski definition) is 1. The van der Waals surface area contributed by atoms with Crippen molar-refractivity contribution in [3.8, 4) is 5.75 Å². The van der Waals surface area contributed by atoms with Crippen LogP contribution in [-0.4, -0.2) is 0 Å². The first-order valence-corrected chi connectivity index (χ1v) is 5.39. The largest absolute Gasteiger partial charge is 0.486 e. The molecule has 0 radical (unpaired) electrons. The summed E-state index contributed by atoms with van der Waals surface area (Å²) >= 11 is 0. The van der Waals surface area contributed by atoms with Gasteiger partial charge in [-0.05, 0) is 42.3 Å². The lowest BCUT2D eigenvalue weighted by molar-refractivity contribution is 0.289. The first kappa shape index (κ1) is 12.5. The standard InChI is InChI=1S/C14H11F3O/c1-9-2-4-12(16)14(6-9)18-8-10-3-5-11(15)13(17)7-10/h2-7H,8H2,1H3. The van der Waals surface area contributed by atoms with Crippen molar-refractivity contribution >= 4 is 0 Å². The SMILES string of the molecule is Cc1ccc(F)c(OCc2ccc(F)c(F)c2)c1. The fourth-order valence-electron chi connectivity index (χ4n) is 1.51. The highest BCUT2D eigenvalue weighted by atomic mass is 19.2. The van der Waals surface area contributed by atoms with Crippen molar-refractivity contribution in [1.82, 2.24) is 0 Å². The Balaban J connectivity index is 2.11. The minimum absolute atomic E-state index is 0.0163. The van der Waals surface area contributed by atoms with Crippen LogP contribution in [0.3, 0.4) is 0 Å². The second-order valence-corrected chi connectivity index (χ2v) is 3.97. The van der Waals surface area contributed by atoms with E-state index in [0.29, 0.717) is 5.56 Å². The monoisotopic (exact) mass is 252 g/mol. The molecule has 0 N–H and O–H groups in total. The highest BCUT2D eigenvalue weighted by Gasteiger charge is 2.06. The summed E-state index contributed by atoms with van der Waals surface area (Å²) in [6.07, 6.45) is 0. The predicted octanol–water partition coefficient (Wildman–Crippen LogP) is 3.99. The maximum atomic E-state index is 13.4. The van der Waals surface area contributed by atoms with Crippen LogP contribution in [0, 0.1) is 24.4 Å². The van der Waals surface area contributed by atoms with Crippen molar-refractivity contribution in [2.75, 3.05) is 0 Å². The van der Waals surface area contributed by atoms with Gasteiger partial charge in [0.2, 0.25) is 0 Å². The third kappa shape index (κ3) is 2.83. The maximum Gasteiger partial charge on any atom is 0.165 e. The number of ether oxygens (including phenoxy) is 1. The van der Waals surface area contributed by atoms with Gasteiger partial charge in [-0.25, -0.2) is 13.2 Å². The van der Waals surface area contributed by atoms with Crippen LogP contribution in [0.4, 0.5) is 13.2 Å². The van der Waals surface area contributed by atoms with E-state index in [-0.39, 0.29) is 12.4 Å². The molecule has 0 aliphatic heterocycles. The first-order valence-electron chi connectivity index (χ1n) is 5.39. The molecule has 0 saturated heterocycles. The molecule has 94 valence electrons. The number of rotatable bonds is 3. The Morgan fingerprint density at radius 1 is 0.889 bits per heavy atom. The molecule has 0 aromatic heterocycles. The Hall–Kier alpha value is -1.97. The van der Waals surface area contributed by atoms with Crippen molar-refractivity contribution in [1.29, 1.82) is 0 Å². The Kier molecular flexibility index (Phi) is 3.55. The average molecular weight is 252 g/mol. The van der Waals surface area contributed by atoms with Crippen molar-refractivity contribution < 1.29 is 17.9 Å². The van der Waals surface area contributed by atoms with Gasteiger partial charge in [0, 0.05) is 0 Å². The van der Waals surface area contributed by atoms with E-state index in [1.54, 1.807) is 12.1 Å². The lowest BCUT2D eigenvalue weighted by Gasteiger charge is -2.08. The summed E-state index contributed by atoms with van der Waals surface area (Å²) in [5, 5.41) is 0. The Labute approximate surface area is 103 Å². The molecule has 0 aliphatic rings. The number of halogens is 3. The van der Waals surface area contributed by atoms with Gasteiger partial charge in [0.25, 0.3) is 0 Å². The molecule has 0 amide bonds. The van der Waals surface area contributed by atoms with Crippen molar-refractivity contribution in [3.63, 3.8) is 0 Å². The van der Waals surface area contributed by atoms with Gasteiger partial charge in [-0.2, -0.15) is 0 Å². The molecule has 2 rings (SSSR count). The van der Waals surface area contributed by atoms with Gasteiger partial charge < -0.3 is 4.74 Å². The summed E-state index contributed by atoms with van der Waals surface area (Å²) in [6.45, 7) is 1.79. The van der Waals surface area contributed by atoms with Gasteiger partial charge in [-0.1, -0.05) is 12.1 Å². The number of benzene rings is 2. The van der Waals surface area contributed by atoms with E-state index in [2.05, 4.69) is 0 Å². The third-order valence-electron chi connectivity index (χ3n) is 2.47. The van der Waals surface area contributed by atoms with E-state index < -0.39 is 17.5 Å². The van der Waals surface area contributed by atoms with E-state index in [0.717, 1.165) is 17.7 Å². The van der Waals surface area contributed by atoms with Crippen LogP contribution in [0.2, 0.25) is 0 Å². The molecule has 0 saturated carbocycles. The molecular weight excluding hydrogens is 241 g/mol. The number of hydrogen-bond donors (Lipinski definition) is 0. The normalized spacial score (nSPS) is 10.4. The molecular formula is C14H11F3O. The molecule has 0 heterocycles. The lowest BCUT2D eigenvalue weighted by atomic mass is 10.2. The van der Waals surface area contributed by atoms with Crippen molar-refractivity contribution in [2.24, 2.45) is 0 Å². The minimum Gasteiger partial charge on any atom is -0.486 e. The second-order valence-electron chi connectivity index (χ2n) is 3.97. The summed E-state index contributed by atoms with van der Waals surface area (Å²) in [7, 11) is 0. The minimum atomic E-state index is -0.944. The van der Waals surface area contributed by atoms with Gasteiger partial charge >= 0.3 is 0 Å². The molecule has 18 heavy (non-hydrogen) atoms. The summed E-state index contributed by atoms with van der Waals surface area (Å²) in [5.41, 5.74) is 1.30. The molecule has 2 aromatic carbocycles. The van der Waals surface area contributed by atoms with E-state index in [1.165, 1.54) is 12.1 Å². The van der Waals surface area contributed by atoms with E-state index >= 15 is 0 Å². The second kappa shape index (κ2) is 5.12. The predicted molar refractivity (Wildman–Crippen MR) is 61.8 cm³/mol. The third-order valence-corrected chi connectivity index (χ3v) is 2.47. The van der Waals surface area contributed by atoms with Crippen LogP contribution in [0.5, 0.6) is 5.75 Å². The lowest BCUT2D eigenvalue weighted by Crippen LogP contribution is -1.99. The molecule has 0 spiro atoms. The number of aryl methyl sites for hydroxylation is 1. The van der Waals surface area contributed by atoms with Crippen LogP contribution in [0.15, 0.2) is 36.4 Å². The van der Waals surface area contributed by atoms with E-state index in [4.69, 9.17) is 4.74 Å². The summed E-state index contributed by atoms with van der Waals surface area (Å²) in [5.74, 6) is -2.25. The fraction of sp³-hybridized carbons (Fsp3) is 0.143. The Bertz CT molecular complexity index is 567. The topological polar surface area (TPSA) is 9.23 Å². The van der Waals surface area contributed by atoms with E-state index in [9.17, 15) is 13.2 Å². The Morgan fingerprint density at radius 2 is 1.61 bits per heavy atom. The van der Waals surface area contributed by atoms with Crippen LogP contribution < -0.4 is 4.74 Å². The molecule has 0 unspecified atom stereocenters. The van der Waals surface area contributed by atoms with Gasteiger partial charge in [0.1, 0.15) is 6.61 Å². The average Bonchev–Trinajstić information content (AvgIpc) is 2.34. The first-order chi connectivity index (χ1) is 8.56. The molecule has 4 heteroatoms. The maximum absolute atomic E-state index is 13.4. The summed E-state index contributed by atoms with van der Waals surface area (Å²) in [4.78, 5) is 0. The Morgan fingerprint density at radius 3 is 2.33 bits per heavy atom. The van der Waals surface area contributed by atoms with E-state index in [1.807, 2.05) is 6.92 Å². The zero-order valence-corrected chi connectivity index (χ0v) is 9.71. The van der Waals surface area contributed by atoms with Crippen LogP contribution in [0.25, 0.3) is 0 Å². The molecule has 0 bridgehead atoms. The molecule has 0 aliphatic carbocycles. The molecule has 1 nitrogen and oxygen atoms in total. The molecule has 2 aromatic rings. The zero-order chi connectivity index (χ0) is 13.1. The molecule has 0 atom stereocenters. The van der Waals surface area contributed by atoms with Crippen LogP contribution in [0.1, 0.15) is 11.1 Å². The van der Waals surface area contributed by atoms with Gasteiger partial charge in [-0.3, -0.25) is 0 Å². The van der Waals surface area contributed by atoms with Crippen LogP contribution in [-0.2, 0) is 6.61 Å². The quantitative estimate of drug-likeness (QED) is 0.802. The summed E-state index contributed by atoms with van der Waals surface area (Å²) in [6, 6.07) is 7.92. The van der Waals surface area contributed by atoms with Crippen LogP contribution >= 0.6 is 0 Å². The molecule has 0 fully saturated rings. The van der Waals surface area contributed by atoms with Gasteiger partial charge in [0.05, 0.1) is 0 Å².